The molecule has 1 aromatic heterocycles. The van der Waals surface area contributed by atoms with E-state index < -0.39 is 0 Å². The van der Waals surface area contributed by atoms with Gasteiger partial charge in [-0.15, -0.1) is 11.3 Å². The highest BCUT2D eigenvalue weighted by molar-refractivity contribution is 14.1. The average molecular weight is 478 g/mol. The smallest absolute Gasteiger partial charge is 0.185 e. The Morgan fingerprint density at radius 2 is 2.13 bits per heavy atom. The summed E-state index contributed by atoms with van der Waals surface area (Å²) < 4.78 is 6.39. The molecule has 2 aromatic rings. The van der Waals surface area contributed by atoms with Crippen molar-refractivity contribution in [2.24, 2.45) is 0 Å². The summed E-state index contributed by atoms with van der Waals surface area (Å²) >= 11 is 16.3. The Labute approximate surface area is 161 Å². The number of fused-ring (bicyclic) bond motifs is 1. The van der Waals surface area contributed by atoms with E-state index in [1.165, 1.54) is 0 Å². The summed E-state index contributed by atoms with van der Waals surface area (Å²) in [5, 5.41) is 13.6. The first-order valence-electron chi connectivity index (χ1n) is 6.48. The van der Waals surface area contributed by atoms with Crippen LogP contribution in [-0.4, -0.2) is 12.0 Å². The lowest BCUT2D eigenvalue weighted by molar-refractivity contribution is 0.413. The number of benzene rings is 1. The quantitative estimate of drug-likeness (QED) is 0.465. The zero-order chi connectivity index (χ0) is 16.6. The standard InChI is InChI=1S/C15H10Cl2IN3OS/c1-22-12-6-11(9(16)5-10(12)17)20-15-14-8(4-13(18)23-14)2-3-21(15)7-19/h2-6,15,20H,1H3. The number of hydrogen-bond donors (Lipinski definition) is 1. The largest absolute Gasteiger partial charge is 0.495 e. The van der Waals surface area contributed by atoms with E-state index in [9.17, 15) is 5.26 Å². The van der Waals surface area contributed by atoms with Crippen LogP contribution in [0.1, 0.15) is 16.6 Å². The van der Waals surface area contributed by atoms with Crippen LogP contribution in [0.5, 0.6) is 5.75 Å². The van der Waals surface area contributed by atoms with Crippen molar-refractivity contribution in [3.63, 3.8) is 0 Å². The van der Waals surface area contributed by atoms with E-state index in [-0.39, 0.29) is 6.17 Å². The fraction of sp³-hybridized carbons (Fsp3) is 0.133. The minimum atomic E-state index is -0.322. The second-order valence-electron chi connectivity index (χ2n) is 4.71. The number of nitrogens with zero attached hydrogens (tertiary/aromatic N) is 2. The second-order valence-corrected chi connectivity index (χ2v) is 8.50. The molecule has 1 aromatic carbocycles. The number of halogens is 3. The normalized spacial score (nSPS) is 16.0. The van der Waals surface area contributed by atoms with Gasteiger partial charge in [-0.1, -0.05) is 23.2 Å². The highest BCUT2D eigenvalue weighted by Crippen LogP contribution is 2.40. The first kappa shape index (κ1) is 16.7. The number of nitriles is 1. The van der Waals surface area contributed by atoms with Crippen LogP contribution in [0, 0.1) is 14.3 Å². The minimum absolute atomic E-state index is 0.322. The van der Waals surface area contributed by atoms with E-state index in [0.717, 1.165) is 13.3 Å². The van der Waals surface area contributed by atoms with Crippen LogP contribution in [0.2, 0.25) is 10.0 Å². The van der Waals surface area contributed by atoms with E-state index in [2.05, 4.69) is 40.2 Å². The highest BCUT2D eigenvalue weighted by atomic mass is 127. The fourth-order valence-electron chi connectivity index (χ4n) is 2.27. The zero-order valence-corrected chi connectivity index (χ0v) is 16.3. The van der Waals surface area contributed by atoms with E-state index >= 15 is 0 Å². The SMILES string of the molecule is COc1cc(NC2c3sc(I)cc3C=CN2C#N)c(Cl)cc1Cl. The predicted octanol–water partition coefficient (Wildman–Crippen LogP) is 5.55. The molecule has 0 spiro atoms. The highest BCUT2D eigenvalue weighted by Gasteiger charge is 2.27. The maximum Gasteiger partial charge on any atom is 0.185 e. The topological polar surface area (TPSA) is 48.3 Å². The Morgan fingerprint density at radius 1 is 1.35 bits per heavy atom. The molecule has 2 heterocycles. The van der Waals surface area contributed by atoms with Crippen molar-refractivity contribution in [2.45, 2.75) is 6.17 Å². The van der Waals surface area contributed by atoms with Gasteiger partial charge in [0, 0.05) is 12.3 Å². The van der Waals surface area contributed by atoms with Crippen LogP contribution in [0.4, 0.5) is 5.69 Å². The number of thiophene rings is 1. The Kier molecular flexibility index (Phi) is 4.92. The number of anilines is 1. The van der Waals surface area contributed by atoms with Crippen molar-refractivity contribution in [1.29, 1.82) is 5.26 Å². The molecule has 8 heteroatoms. The molecule has 4 nitrogen and oxygen atoms in total. The summed E-state index contributed by atoms with van der Waals surface area (Å²) in [6, 6.07) is 5.44. The molecule has 0 radical (unpaired) electrons. The molecule has 1 atom stereocenters. The third-order valence-electron chi connectivity index (χ3n) is 3.35. The lowest BCUT2D eigenvalue weighted by Crippen LogP contribution is -2.27. The first-order valence-corrected chi connectivity index (χ1v) is 9.13. The summed E-state index contributed by atoms with van der Waals surface area (Å²) in [7, 11) is 1.55. The van der Waals surface area contributed by atoms with Gasteiger partial charge >= 0.3 is 0 Å². The van der Waals surface area contributed by atoms with Gasteiger partial charge in [0.2, 0.25) is 0 Å². The summed E-state index contributed by atoms with van der Waals surface area (Å²) in [5.74, 6) is 0.523. The van der Waals surface area contributed by atoms with Gasteiger partial charge in [-0.25, -0.2) is 0 Å². The number of hydrogen-bond acceptors (Lipinski definition) is 5. The van der Waals surface area contributed by atoms with Crippen LogP contribution in [0.3, 0.4) is 0 Å². The maximum absolute atomic E-state index is 9.39. The lowest BCUT2D eigenvalue weighted by atomic mass is 10.1. The third-order valence-corrected chi connectivity index (χ3v) is 5.92. The Morgan fingerprint density at radius 3 is 2.83 bits per heavy atom. The first-order chi connectivity index (χ1) is 11.0. The molecule has 0 aliphatic carbocycles. The number of ether oxygens (including phenoxy) is 1. The van der Waals surface area contributed by atoms with Gasteiger partial charge in [0.05, 0.1) is 30.6 Å². The van der Waals surface area contributed by atoms with Gasteiger partial charge in [0.1, 0.15) is 11.9 Å². The van der Waals surface area contributed by atoms with Crippen LogP contribution in [0.25, 0.3) is 6.08 Å². The van der Waals surface area contributed by atoms with E-state index in [1.807, 2.05) is 6.08 Å². The van der Waals surface area contributed by atoms with Crippen molar-refractivity contribution in [1.82, 2.24) is 4.90 Å². The number of methoxy groups -OCH3 is 1. The molecule has 1 unspecified atom stereocenters. The van der Waals surface area contributed by atoms with Gasteiger partial charge in [0.25, 0.3) is 0 Å². The van der Waals surface area contributed by atoms with Gasteiger partial charge in [-0.3, -0.25) is 4.90 Å². The van der Waals surface area contributed by atoms with Gasteiger partial charge < -0.3 is 10.1 Å². The third kappa shape index (κ3) is 3.24. The monoisotopic (exact) mass is 477 g/mol. The van der Waals surface area contributed by atoms with Crippen molar-refractivity contribution in [2.75, 3.05) is 12.4 Å². The van der Waals surface area contributed by atoms with Crippen molar-refractivity contribution in [3.8, 4) is 11.9 Å². The summed E-state index contributed by atoms with van der Waals surface area (Å²) in [4.78, 5) is 2.61. The Balaban J connectivity index is 2.01. The van der Waals surface area contributed by atoms with Crippen LogP contribution < -0.4 is 10.1 Å². The molecular weight excluding hydrogens is 468 g/mol. The fourth-order valence-corrected chi connectivity index (χ4v) is 4.76. The van der Waals surface area contributed by atoms with Gasteiger partial charge in [-0.2, -0.15) is 5.26 Å². The summed E-state index contributed by atoms with van der Waals surface area (Å²) in [6.45, 7) is 0. The van der Waals surface area contributed by atoms with Crippen LogP contribution >= 0.6 is 57.1 Å². The lowest BCUT2D eigenvalue weighted by Gasteiger charge is -2.29. The van der Waals surface area contributed by atoms with Crippen molar-refractivity contribution in [3.05, 3.63) is 47.8 Å². The Bertz CT molecular complexity index is 831. The molecule has 118 valence electrons. The van der Waals surface area contributed by atoms with E-state index in [1.54, 1.807) is 41.7 Å². The van der Waals surface area contributed by atoms with E-state index in [4.69, 9.17) is 27.9 Å². The zero-order valence-electron chi connectivity index (χ0n) is 11.8. The molecule has 23 heavy (non-hydrogen) atoms. The molecule has 1 N–H and O–H groups in total. The summed E-state index contributed by atoms with van der Waals surface area (Å²) in [5.41, 5.74) is 1.75. The minimum Gasteiger partial charge on any atom is -0.495 e. The molecule has 1 aliphatic heterocycles. The molecule has 0 fully saturated rings. The molecule has 0 saturated heterocycles. The predicted molar refractivity (Wildman–Crippen MR) is 103 cm³/mol. The van der Waals surface area contributed by atoms with Crippen LogP contribution in [-0.2, 0) is 0 Å². The molecule has 0 bridgehead atoms. The summed E-state index contributed by atoms with van der Waals surface area (Å²) in [6.07, 6.45) is 5.53. The van der Waals surface area contributed by atoms with E-state index in [0.29, 0.717) is 21.5 Å². The molecule has 0 amide bonds. The molecule has 3 rings (SSSR count). The van der Waals surface area contributed by atoms with Crippen LogP contribution in [0.15, 0.2) is 24.4 Å². The Hall–Kier alpha value is -1.14. The molecular formula is C15H10Cl2IN3OS. The second kappa shape index (κ2) is 6.77. The molecule has 0 saturated carbocycles. The maximum atomic E-state index is 9.39. The average Bonchev–Trinajstić information content (AvgIpc) is 2.90. The van der Waals surface area contributed by atoms with Gasteiger partial charge in [0.15, 0.2) is 6.19 Å². The van der Waals surface area contributed by atoms with Crippen molar-refractivity contribution >= 4 is 68.9 Å². The number of nitrogens with one attached hydrogen (secondary N) is 1. The van der Waals surface area contributed by atoms with Gasteiger partial charge in [-0.05, 0) is 46.4 Å². The van der Waals surface area contributed by atoms with Crippen molar-refractivity contribution < 1.29 is 4.74 Å². The number of rotatable bonds is 3. The molecule has 1 aliphatic rings.